The maximum Gasteiger partial charge on any atom is 0.416 e. The zero-order valence-corrected chi connectivity index (χ0v) is 18.2. The lowest BCUT2D eigenvalue weighted by Crippen LogP contribution is -2.32. The fourth-order valence-corrected chi connectivity index (χ4v) is 3.63. The van der Waals surface area contributed by atoms with Crippen LogP contribution >= 0.6 is 0 Å². The van der Waals surface area contributed by atoms with E-state index in [4.69, 9.17) is 0 Å². The summed E-state index contributed by atoms with van der Waals surface area (Å²) in [5.74, 6) is 0.405. The van der Waals surface area contributed by atoms with Crippen molar-refractivity contribution < 1.29 is 18.0 Å². The average molecular weight is 420 g/mol. The van der Waals surface area contributed by atoms with Crippen molar-refractivity contribution >= 4 is 5.91 Å². The van der Waals surface area contributed by atoms with Crippen LogP contribution in [-0.4, -0.2) is 5.91 Å². The summed E-state index contributed by atoms with van der Waals surface area (Å²) in [7, 11) is 0. The van der Waals surface area contributed by atoms with Crippen LogP contribution in [0.2, 0.25) is 0 Å². The lowest BCUT2D eigenvalue weighted by molar-refractivity contribution is -0.137. The minimum Gasteiger partial charge on any atom is -0.345 e. The van der Waals surface area contributed by atoms with Crippen LogP contribution in [0.3, 0.4) is 0 Å². The van der Waals surface area contributed by atoms with Crippen molar-refractivity contribution in [3.05, 3.63) is 71.3 Å². The highest BCUT2D eigenvalue weighted by atomic mass is 19.4. The molecule has 1 amide bonds. The van der Waals surface area contributed by atoms with E-state index in [1.54, 1.807) is 24.3 Å². The minimum atomic E-state index is -4.38. The number of hydrogen-bond donors (Lipinski definition) is 1. The van der Waals surface area contributed by atoms with Crippen LogP contribution < -0.4 is 5.32 Å². The molecule has 2 aromatic rings. The number of amides is 1. The fourth-order valence-electron chi connectivity index (χ4n) is 3.63. The van der Waals surface area contributed by atoms with E-state index in [2.05, 4.69) is 33.0 Å². The SMILES string of the molecule is CC(C)CCCC(C)(C)CC(NC(=O)c1ccccc1)c1ccc(C(F)(F)F)cc1. The first-order chi connectivity index (χ1) is 14.0. The molecule has 0 aromatic heterocycles. The number of hydrogen-bond acceptors (Lipinski definition) is 1. The van der Waals surface area contributed by atoms with Crippen molar-refractivity contribution in [3.8, 4) is 0 Å². The van der Waals surface area contributed by atoms with Crippen molar-refractivity contribution in [2.24, 2.45) is 11.3 Å². The van der Waals surface area contributed by atoms with Crippen LogP contribution in [0.5, 0.6) is 0 Å². The van der Waals surface area contributed by atoms with E-state index >= 15 is 0 Å². The van der Waals surface area contributed by atoms with Gasteiger partial charge in [-0.2, -0.15) is 13.2 Å². The summed E-state index contributed by atoms with van der Waals surface area (Å²) in [6, 6.07) is 13.6. The average Bonchev–Trinajstić information content (AvgIpc) is 2.67. The van der Waals surface area contributed by atoms with Gasteiger partial charge in [-0.25, -0.2) is 0 Å². The number of nitrogens with one attached hydrogen (secondary N) is 1. The number of alkyl halides is 3. The van der Waals surface area contributed by atoms with Gasteiger partial charge in [0.15, 0.2) is 0 Å². The predicted molar refractivity (Wildman–Crippen MR) is 115 cm³/mol. The largest absolute Gasteiger partial charge is 0.416 e. The number of carbonyl (C=O) groups is 1. The Morgan fingerprint density at radius 2 is 1.57 bits per heavy atom. The van der Waals surface area contributed by atoms with Gasteiger partial charge in [0.2, 0.25) is 0 Å². The summed E-state index contributed by atoms with van der Waals surface area (Å²) in [5.41, 5.74) is 0.471. The Morgan fingerprint density at radius 1 is 0.967 bits per heavy atom. The molecule has 0 aliphatic rings. The number of benzene rings is 2. The van der Waals surface area contributed by atoms with Gasteiger partial charge >= 0.3 is 6.18 Å². The second kappa shape index (κ2) is 10.1. The molecule has 0 spiro atoms. The molecule has 0 radical (unpaired) electrons. The van der Waals surface area contributed by atoms with E-state index in [9.17, 15) is 18.0 Å². The quantitative estimate of drug-likeness (QED) is 0.450. The molecule has 0 heterocycles. The van der Waals surface area contributed by atoms with Crippen molar-refractivity contribution in [3.63, 3.8) is 0 Å². The third-order valence-corrected chi connectivity index (χ3v) is 5.37. The molecule has 1 N–H and O–H groups in total. The van der Waals surface area contributed by atoms with E-state index < -0.39 is 11.7 Å². The monoisotopic (exact) mass is 419 g/mol. The molecular formula is C25H32F3NO. The Hall–Kier alpha value is -2.30. The summed E-state index contributed by atoms with van der Waals surface area (Å²) in [6.45, 7) is 8.69. The van der Waals surface area contributed by atoms with Crippen molar-refractivity contribution in [2.75, 3.05) is 0 Å². The highest BCUT2D eigenvalue weighted by Crippen LogP contribution is 2.36. The predicted octanol–water partition coefficient (Wildman–Crippen LogP) is 7.42. The van der Waals surface area contributed by atoms with Crippen LogP contribution in [0.25, 0.3) is 0 Å². The zero-order chi connectivity index (χ0) is 22.4. The van der Waals surface area contributed by atoms with E-state index in [-0.39, 0.29) is 17.4 Å². The van der Waals surface area contributed by atoms with Gasteiger partial charge in [-0.05, 0) is 54.0 Å². The summed E-state index contributed by atoms with van der Waals surface area (Å²) >= 11 is 0. The molecule has 0 aliphatic carbocycles. The zero-order valence-electron chi connectivity index (χ0n) is 18.2. The third kappa shape index (κ3) is 7.51. The van der Waals surface area contributed by atoms with Crippen LogP contribution in [0.4, 0.5) is 13.2 Å². The summed E-state index contributed by atoms with van der Waals surface area (Å²) in [5, 5.41) is 3.04. The van der Waals surface area contributed by atoms with Crippen LogP contribution in [-0.2, 0) is 6.18 Å². The Balaban J connectivity index is 2.22. The van der Waals surface area contributed by atoms with Crippen LogP contribution in [0.15, 0.2) is 54.6 Å². The third-order valence-electron chi connectivity index (χ3n) is 5.37. The van der Waals surface area contributed by atoms with Crippen molar-refractivity contribution in [2.45, 2.75) is 65.6 Å². The molecule has 0 aliphatic heterocycles. The second-order valence-electron chi connectivity index (χ2n) is 9.17. The Bertz CT molecular complexity index is 795. The molecule has 1 unspecified atom stereocenters. The summed E-state index contributed by atoms with van der Waals surface area (Å²) < 4.78 is 38.9. The van der Waals surface area contributed by atoms with Crippen molar-refractivity contribution in [1.82, 2.24) is 5.32 Å². The highest BCUT2D eigenvalue weighted by molar-refractivity contribution is 5.94. The van der Waals surface area contributed by atoms with E-state index in [1.165, 1.54) is 12.1 Å². The lowest BCUT2D eigenvalue weighted by atomic mass is 9.79. The van der Waals surface area contributed by atoms with E-state index in [1.807, 2.05) is 6.07 Å². The minimum absolute atomic E-state index is 0.0633. The summed E-state index contributed by atoms with van der Waals surface area (Å²) in [4.78, 5) is 12.8. The maximum absolute atomic E-state index is 13.0. The van der Waals surface area contributed by atoms with E-state index in [0.717, 1.165) is 31.4 Å². The molecule has 0 saturated carbocycles. The van der Waals surface area contributed by atoms with Gasteiger partial charge in [-0.3, -0.25) is 4.79 Å². The fraction of sp³-hybridized carbons (Fsp3) is 0.480. The molecule has 164 valence electrons. The maximum atomic E-state index is 13.0. The molecule has 5 heteroatoms. The topological polar surface area (TPSA) is 29.1 Å². The van der Waals surface area contributed by atoms with Gasteiger partial charge in [0.25, 0.3) is 5.91 Å². The Labute approximate surface area is 177 Å². The van der Waals surface area contributed by atoms with Crippen LogP contribution in [0, 0.1) is 11.3 Å². The van der Waals surface area contributed by atoms with Gasteiger partial charge in [-0.15, -0.1) is 0 Å². The number of halogens is 3. The second-order valence-corrected chi connectivity index (χ2v) is 9.17. The molecule has 0 fully saturated rings. The van der Waals surface area contributed by atoms with E-state index in [0.29, 0.717) is 23.5 Å². The smallest absolute Gasteiger partial charge is 0.345 e. The van der Waals surface area contributed by atoms with Crippen LogP contribution in [0.1, 0.15) is 80.9 Å². The normalized spacial score (nSPS) is 13.3. The van der Waals surface area contributed by atoms with Gasteiger partial charge < -0.3 is 5.32 Å². The molecule has 2 aromatic carbocycles. The molecular weight excluding hydrogens is 387 g/mol. The first kappa shape index (κ1) is 24.0. The first-order valence-corrected chi connectivity index (χ1v) is 10.5. The molecule has 0 saturated heterocycles. The standard InChI is InChI=1S/C25H32F3NO/c1-18(2)9-8-16-24(3,4)17-22(29-23(30)20-10-6-5-7-11-20)19-12-14-21(15-13-19)25(26,27)28/h5-7,10-15,18,22H,8-9,16-17H2,1-4H3,(H,29,30). The van der Waals surface area contributed by atoms with Gasteiger partial charge in [0.05, 0.1) is 11.6 Å². The van der Waals surface area contributed by atoms with Gasteiger partial charge in [0, 0.05) is 5.56 Å². The molecule has 0 bridgehead atoms. The van der Waals surface area contributed by atoms with Gasteiger partial charge in [0.1, 0.15) is 0 Å². The molecule has 1 atom stereocenters. The Kier molecular flexibility index (Phi) is 8.10. The molecule has 2 nitrogen and oxygen atoms in total. The van der Waals surface area contributed by atoms with Gasteiger partial charge in [-0.1, -0.05) is 70.9 Å². The first-order valence-electron chi connectivity index (χ1n) is 10.5. The summed E-state index contributed by atoms with van der Waals surface area (Å²) in [6.07, 6.45) is -0.530. The number of carbonyl (C=O) groups excluding carboxylic acids is 1. The molecule has 30 heavy (non-hydrogen) atoms. The number of rotatable bonds is 9. The molecule has 2 rings (SSSR count). The van der Waals surface area contributed by atoms with Crippen molar-refractivity contribution in [1.29, 1.82) is 0 Å². The highest BCUT2D eigenvalue weighted by Gasteiger charge is 2.31. The Morgan fingerprint density at radius 3 is 2.10 bits per heavy atom. The lowest BCUT2D eigenvalue weighted by Gasteiger charge is -2.31.